The molecule has 0 aliphatic carbocycles. The van der Waals surface area contributed by atoms with E-state index in [9.17, 15) is 4.79 Å². The molecule has 2 heteroatoms. The molecule has 43 valence electrons. The Bertz CT molecular complexity index is 96.7. The molecular weight excluding hydrogens is 98.9 g/mol. The summed E-state index contributed by atoms with van der Waals surface area (Å²) in [5.74, 6) is 0.334. The van der Waals surface area contributed by atoms with Gasteiger partial charge in [0.2, 0.25) is 7.28 Å². The summed E-state index contributed by atoms with van der Waals surface area (Å²) < 4.78 is 0. The molecule has 0 saturated heterocycles. The summed E-state index contributed by atoms with van der Waals surface area (Å²) in [4.78, 5) is 10.4. The van der Waals surface area contributed by atoms with Gasteiger partial charge in [-0.05, 0) is 6.08 Å². The van der Waals surface area contributed by atoms with E-state index in [2.05, 4.69) is 6.58 Å². The van der Waals surface area contributed by atoms with E-state index >= 15 is 0 Å². The Morgan fingerprint density at radius 2 is 2.25 bits per heavy atom. The number of carbonyl (C=O) groups is 1. The van der Waals surface area contributed by atoms with Crippen LogP contribution in [-0.4, -0.2) is 13.0 Å². The summed E-state index contributed by atoms with van der Waals surface area (Å²) in [6.45, 7) is 7.25. The van der Waals surface area contributed by atoms with Crippen molar-refractivity contribution in [1.82, 2.24) is 0 Å². The number of rotatable bonds is 3. The van der Waals surface area contributed by atoms with E-state index in [0.717, 1.165) is 0 Å². The van der Waals surface area contributed by atoms with Gasteiger partial charge in [0.1, 0.15) is 5.68 Å². The largest absolute Gasteiger partial charge is 0.307 e. The van der Waals surface area contributed by atoms with Crippen molar-refractivity contribution in [2.75, 3.05) is 0 Å². The summed E-state index contributed by atoms with van der Waals surface area (Å²) >= 11 is 0. The molecule has 0 unspecified atom stereocenters. The molecule has 0 amide bonds. The van der Waals surface area contributed by atoms with Gasteiger partial charge in [-0.25, -0.2) is 0 Å². The Morgan fingerprint density at radius 1 is 1.75 bits per heavy atom. The first-order valence-corrected chi connectivity index (χ1v) is 2.68. The van der Waals surface area contributed by atoms with E-state index in [0.29, 0.717) is 5.82 Å². The maximum absolute atomic E-state index is 10.4. The van der Waals surface area contributed by atoms with Crippen molar-refractivity contribution in [3.63, 3.8) is 0 Å². The Hall–Kier alpha value is -0.525. The molecule has 1 nitrogen and oxygen atoms in total. The van der Waals surface area contributed by atoms with E-state index in [4.69, 9.17) is 0 Å². The second kappa shape index (κ2) is 3.47. The SMILES string of the molecule is C=CC(=O)[B]C(C)C. The first kappa shape index (κ1) is 7.47. The van der Waals surface area contributed by atoms with E-state index in [1.807, 2.05) is 13.8 Å². The van der Waals surface area contributed by atoms with Gasteiger partial charge in [0, 0.05) is 0 Å². The lowest BCUT2D eigenvalue weighted by atomic mass is 9.63. The standard InChI is InChI=1S/C6H10BO/c1-4-6(8)7-5(2)3/h4-5H,1H2,2-3H3. The predicted octanol–water partition coefficient (Wildman–Crippen LogP) is 1.23. The van der Waals surface area contributed by atoms with Crippen LogP contribution in [-0.2, 0) is 4.79 Å². The van der Waals surface area contributed by atoms with Crippen molar-refractivity contribution in [3.05, 3.63) is 12.7 Å². The van der Waals surface area contributed by atoms with Crippen LogP contribution in [0.15, 0.2) is 12.7 Å². The smallest absolute Gasteiger partial charge is 0.211 e. The molecule has 0 aromatic rings. The Morgan fingerprint density at radius 3 is 2.38 bits per heavy atom. The van der Waals surface area contributed by atoms with Crippen LogP contribution in [0.25, 0.3) is 0 Å². The molecule has 0 saturated carbocycles. The van der Waals surface area contributed by atoms with E-state index in [1.165, 1.54) is 6.08 Å². The summed E-state index contributed by atoms with van der Waals surface area (Å²) in [5, 5.41) is 0. The molecule has 0 rings (SSSR count). The molecule has 0 aromatic heterocycles. The molecule has 8 heavy (non-hydrogen) atoms. The van der Waals surface area contributed by atoms with Gasteiger partial charge < -0.3 is 4.79 Å². The van der Waals surface area contributed by atoms with Crippen LogP contribution in [0.1, 0.15) is 13.8 Å². The van der Waals surface area contributed by atoms with Crippen molar-refractivity contribution >= 4 is 13.0 Å². The molecule has 1 radical (unpaired) electrons. The highest BCUT2D eigenvalue weighted by molar-refractivity contribution is 6.77. The third-order valence-electron chi connectivity index (χ3n) is 0.699. The molecule has 0 bridgehead atoms. The fourth-order valence-electron chi connectivity index (χ4n) is 0.397. The summed E-state index contributed by atoms with van der Waals surface area (Å²) in [5.41, 5.74) is 0.0139. The van der Waals surface area contributed by atoms with Crippen LogP contribution >= 0.6 is 0 Å². The molecule has 0 aliphatic heterocycles. The van der Waals surface area contributed by atoms with Gasteiger partial charge in [0.05, 0.1) is 0 Å². The van der Waals surface area contributed by atoms with Crippen LogP contribution < -0.4 is 0 Å². The fraction of sp³-hybridized carbons (Fsp3) is 0.500. The topological polar surface area (TPSA) is 17.1 Å². The average molecular weight is 109 g/mol. The van der Waals surface area contributed by atoms with Crippen LogP contribution in [0.3, 0.4) is 0 Å². The third-order valence-corrected chi connectivity index (χ3v) is 0.699. The molecule has 0 atom stereocenters. The van der Waals surface area contributed by atoms with E-state index in [1.54, 1.807) is 7.28 Å². The van der Waals surface area contributed by atoms with Crippen molar-refractivity contribution < 1.29 is 4.79 Å². The highest BCUT2D eigenvalue weighted by atomic mass is 16.1. The average Bonchev–Trinajstić information content (AvgIpc) is 1.65. The minimum Gasteiger partial charge on any atom is -0.307 e. The lowest BCUT2D eigenvalue weighted by Crippen LogP contribution is -2.07. The lowest BCUT2D eigenvalue weighted by Gasteiger charge is -1.93. The zero-order valence-corrected chi connectivity index (χ0v) is 5.35. The van der Waals surface area contributed by atoms with Crippen molar-refractivity contribution in [1.29, 1.82) is 0 Å². The molecule has 0 N–H and O–H groups in total. The molecule has 0 aliphatic rings. The minimum absolute atomic E-state index is 0.0139. The molecule has 0 fully saturated rings. The second-order valence-electron chi connectivity index (χ2n) is 2.02. The summed E-state index contributed by atoms with van der Waals surface area (Å²) in [6.07, 6.45) is 1.32. The second-order valence-corrected chi connectivity index (χ2v) is 2.02. The van der Waals surface area contributed by atoms with Crippen molar-refractivity contribution in [3.8, 4) is 0 Å². The van der Waals surface area contributed by atoms with Gasteiger partial charge in [-0.15, -0.1) is 0 Å². The van der Waals surface area contributed by atoms with Gasteiger partial charge in [-0.1, -0.05) is 26.2 Å². The summed E-state index contributed by atoms with van der Waals surface area (Å²) in [6, 6.07) is 0. The van der Waals surface area contributed by atoms with Gasteiger partial charge in [-0.2, -0.15) is 0 Å². The Balaban J connectivity index is 3.39. The van der Waals surface area contributed by atoms with Crippen LogP contribution in [0, 0.1) is 0 Å². The number of carbonyl (C=O) groups excluding carboxylic acids is 1. The van der Waals surface area contributed by atoms with Crippen LogP contribution in [0.5, 0.6) is 0 Å². The van der Waals surface area contributed by atoms with Crippen molar-refractivity contribution in [2.45, 2.75) is 19.7 Å². The normalized spacial score (nSPS) is 8.88. The molecule has 0 aromatic carbocycles. The molecule has 0 spiro atoms. The van der Waals surface area contributed by atoms with Gasteiger partial charge in [-0.3, -0.25) is 0 Å². The first-order chi connectivity index (χ1) is 3.66. The first-order valence-electron chi connectivity index (χ1n) is 2.68. The highest BCUT2D eigenvalue weighted by Crippen LogP contribution is 1.96. The third kappa shape index (κ3) is 3.66. The Kier molecular flexibility index (Phi) is 3.25. The predicted molar refractivity (Wildman–Crippen MR) is 36.1 cm³/mol. The Labute approximate surface area is 51.0 Å². The summed E-state index contributed by atoms with van der Waals surface area (Å²) in [7, 11) is 1.63. The van der Waals surface area contributed by atoms with Gasteiger partial charge in [0.25, 0.3) is 0 Å². The van der Waals surface area contributed by atoms with Crippen LogP contribution in [0.4, 0.5) is 0 Å². The molecular formula is C6H10BO. The zero-order valence-electron chi connectivity index (χ0n) is 5.35. The van der Waals surface area contributed by atoms with E-state index in [-0.39, 0.29) is 5.68 Å². The fourth-order valence-corrected chi connectivity index (χ4v) is 0.397. The highest BCUT2D eigenvalue weighted by Gasteiger charge is 2.01. The quantitative estimate of drug-likeness (QED) is 0.393. The van der Waals surface area contributed by atoms with Gasteiger partial charge >= 0.3 is 0 Å². The van der Waals surface area contributed by atoms with Crippen molar-refractivity contribution in [2.24, 2.45) is 0 Å². The van der Waals surface area contributed by atoms with E-state index < -0.39 is 0 Å². The zero-order chi connectivity index (χ0) is 6.57. The maximum atomic E-state index is 10.4. The number of allylic oxidation sites excluding steroid dienone is 1. The lowest BCUT2D eigenvalue weighted by molar-refractivity contribution is -0.108. The monoisotopic (exact) mass is 109 g/mol. The molecule has 0 heterocycles. The van der Waals surface area contributed by atoms with Gasteiger partial charge in [0.15, 0.2) is 0 Å². The minimum atomic E-state index is 0.0139. The number of hydrogen-bond donors (Lipinski definition) is 0. The maximum Gasteiger partial charge on any atom is 0.211 e. The van der Waals surface area contributed by atoms with Crippen LogP contribution in [0.2, 0.25) is 5.82 Å². The number of hydrogen-bond acceptors (Lipinski definition) is 1.